The molecule has 0 aromatic rings. The van der Waals surface area contributed by atoms with Gasteiger partial charge in [0.15, 0.2) is 5.96 Å². The number of carbonyl (C=O) groups excluding carboxylic acids is 4. The lowest BCUT2D eigenvalue weighted by molar-refractivity contribution is -0.138. The average Bonchev–Trinajstić information content (AvgIpc) is 2.60. The van der Waals surface area contributed by atoms with Crippen molar-refractivity contribution in [2.24, 2.45) is 27.9 Å². The van der Waals surface area contributed by atoms with E-state index in [1.807, 2.05) is 0 Å². The van der Waals surface area contributed by atoms with Gasteiger partial charge < -0.3 is 44.0 Å². The van der Waals surface area contributed by atoms with Crippen LogP contribution in [0.1, 0.15) is 19.3 Å². The Labute approximate surface area is 160 Å². The van der Waals surface area contributed by atoms with Gasteiger partial charge in [0.05, 0.1) is 13.0 Å². The predicted molar refractivity (Wildman–Crippen MR) is 97.3 cm³/mol. The molecular weight excluding hydrogens is 376 g/mol. The summed E-state index contributed by atoms with van der Waals surface area (Å²) in [4.78, 5) is 61.5. The van der Waals surface area contributed by atoms with Crippen molar-refractivity contribution in [1.29, 1.82) is 0 Å². The Hall–Kier alpha value is -3.42. The van der Waals surface area contributed by atoms with Crippen LogP contribution in [0.15, 0.2) is 4.99 Å². The molecule has 0 radical (unpaired) electrons. The topological polar surface area (TPSA) is 258 Å². The Bertz CT molecular complexity index is 619. The SMILES string of the molecule is NCC(=O)NC(CC(N)=O)C(=O)NC(CCCN=C(N)N)C(=O)NCC(=O)O. The van der Waals surface area contributed by atoms with Crippen LogP contribution in [0.4, 0.5) is 0 Å². The molecule has 12 N–H and O–H groups in total. The first kappa shape index (κ1) is 24.6. The van der Waals surface area contributed by atoms with E-state index in [1.54, 1.807) is 0 Å². The summed E-state index contributed by atoms with van der Waals surface area (Å²) in [5.74, 6) is -4.64. The summed E-state index contributed by atoms with van der Waals surface area (Å²) in [5.41, 5.74) is 20.6. The van der Waals surface area contributed by atoms with Crippen molar-refractivity contribution >= 4 is 35.6 Å². The molecule has 0 aliphatic rings. The summed E-state index contributed by atoms with van der Waals surface area (Å²) in [6, 6.07) is -2.51. The highest BCUT2D eigenvalue weighted by Crippen LogP contribution is 2.01. The van der Waals surface area contributed by atoms with Gasteiger partial charge in [-0.05, 0) is 12.8 Å². The van der Waals surface area contributed by atoms with Crippen molar-refractivity contribution < 1.29 is 29.1 Å². The van der Waals surface area contributed by atoms with Crippen LogP contribution in [0.25, 0.3) is 0 Å². The van der Waals surface area contributed by atoms with Crippen molar-refractivity contribution in [2.75, 3.05) is 19.6 Å². The number of amides is 4. The summed E-state index contributed by atoms with van der Waals surface area (Å²) in [5, 5.41) is 15.4. The van der Waals surface area contributed by atoms with Crippen molar-refractivity contribution in [3.8, 4) is 0 Å². The minimum Gasteiger partial charge on any atom is -0.480 e. The molecule has 0 aromatic carbocycles. The molecule has 4 amide bonds. The largest absolute Gasteiger partial charge is 0.480 e. The van der Waals surface area contributed by atoms with Crippen LogP contribution >= 0.6 is 0 Å². The number of nitrogens with zero attached hydrogens (tertiary/aromatic N) is 1. The number of nitrogens with two attached hydrogens (primary N) is 4. The minimum atomic E-state index is -1.35. The Morgan fingerprint density at radius 1 is 0.964 bits per heavy atom. The highest BCUT2D eigenvalue weighted by Gasteiger charge is 2.27. The number of nitrogens with one attached hydrogen (secondary N) is 3. The molecule has 2 unspecified atom stereocenters. The predicted octanol–water partition coefficient (Wildman–Crippen LogP) is -4.96. The molecule has 0 saturated heterocycles. The maximum Gasteiger partial charge on any atom is 0.322 e. The Morgan fingerprint density at radius 3 is 2.11 bits per heavy atom. The van der Waals surface area contributed by atoms with Gasteiger partial charge in [-0.2, -0.15) is 0 Å². The average molecular weight is 402 g/mol. The molecule has 2 atom stereocenters. The van der Waals surface area contributed by atoms with E-state index in [4.69, 9.17) is 28.0 Å². The number of aliphatic carboxylic acids is 1. The number of hydrogen-bond donors (Lipinski definition) is 8. The van der Waals surface area contributed by atoms with Crippen LogP contribution in [-0.4, -0.2) is 72.4 Å². The van der Waals surface area contributed by atoms with Crippen LogP contribution in [0, 0.1) is 0 Å². The molecule has 0 bridgehead atoms. The van der Waals surface area contributed by atoms with E-state index in [0.29, 0.717) is 0 Å². The van der Waals surface area contributed by atoms with E-state index in [9.17, 15) is 24.0 Å². The number of guanidine groups is 1. The number of hydrogen-bond acceptors (Lipinski definition) is 7. The van der Waals surface area contributed by atoms with Gasteiger partial charge in [-0.3, -0.25) is 29.0 Å². The van der Waals surface area contributed by atoms with Crippen LogP contribution in [0.5, 0.6) is 0 Å². The number of carbonyl (C=O) groups is 5. The third kappa shape index (κ3) is 11.2. The number of primary amides is 1. The molecule has 14 nitrogen and oxygen atoms in total. The number of carboxylic acid groups (broad SMARTS) is 1. The second-order valence-corrected chi connectivity index (χ2v) is 5.62. The molecule has 14 heteroatoms. The van der Waals surface area contributed by atoms with E-state index in [1.165, 1.54) is 0 Å². The summed E-state index contributed by atoms with van der Waals surface area (Å²) in [7, 11) is 0. The zero-order valence-corrected chi connectivity index (χ0v) is 15.1. The van der Waals surface area contributed by atoms with Gasteiger partial charge >= 0.3 is 5.97 Å². The molecule has 0 spiro atoms. The van der Waals surface area contributed by atoms with Crippen molar-refractivity contribution in [1.82, 2.24) is 16.0 Å². The van der Waals surface area contributed by atoms with Crippen LogP contribution < -0.4 is 38.9 Å². The maximum absolute atomic E-state index is 12.4. The van der Waals surface area contributed by atoms with Crippen molar-refractivity contribution in [2.45, 2.75) is 31.3 Å². The second kappa shape index (κ2) is 12.9. The van der Waals surface area contributed by atoms with Crippen LogP contribution in [0.2, 0.25) is 0 Å². The molecule has 0 aliphatic carbocycles. The van der Waals surface area contributed by atoms with Gasteiger partial charge in [-0.25, -0.2) is 0 Å². The van der Waals surface area contributed by atoms with Gasteiger partial charge in [-0.15, -0.1) is 0 Å². The first-order chi connectivity index (χ1) is 13.1. The maximum atomic E-state index is 12.4. The Morgan fingerprint density at radius 2 is 1.61 bits per heavy atom. The van der Waals surface area contributed by atoms with Crippen LogP contribution in [0.3, 0.4) is 0 Å². The van der Waals surface area contributed by atoms with Gasteiger partial charge in [-0.1, -0.05) is 0 Å². The lowest BCUT2D eigenvalue weighted by Crippen LogP contribution is -2.55. The fraction of sp³-hybridized carbons (Fsp3) is 0.571. The third-order valence-corrected chi connectivity index (χ3v) is 3.23. The minimum absolute atomic E-state index is 0.0576. The van der Waals surface area contributed by atoms with E-state index in [0.717, 1.165) is 0 Å². The molecular formula is C14H26N8O6. The van der Waals surface area contributed by atoms with Gasteiger partial charge in [0.2, 0.25) is 23.6 Å². The summed E-state index contributed by atoms with van der Waals surface area (Å²) < 4.78 is 0. The summed E-state index contributed by atoms with van der Waals surface area (Å²) in [6.45, 7) is -0.924. The second-order valence-electron chi connectivity index (χ2n) is 5.62. The molecule has 0 saturated carbocycles. The first-order valence-electron chi connectivity index (χ1n) is 8.19. The van der Waals surface area contributed by atoms with Crippen molar-refractivity contribution in [3.63, 3.8) is 0 Å². The van der Waals surface area contributed by atoms with Gasteiger partial charge in [0.1, 0.15) is 18.6 Å². The molecule has 158 valence electrons. The Kier molecular flexibility index (Phi) is 11.3. The highest BCUT2D eigenvalue weighted by molar-refractivity contribution is 5.95. The number of aliphatic imine (C=N–C) groups is 1. The number of rotatable bonds is 13. The zero-order valence-electron chi connectivity index (χ0n) is 15.1. The van der Waals surface area contributed by atoms with Gasteiger partial charge in [0, 0.05) is 6.54 Å². The zero-order chi connectivity index (χ0) is 21.7. The molecule has 0 fully saturated rings. The quantitative estimate of drug-likeness (QED) is 0.0832. The molecule has 0 aliphatic heterocycles. The smallest absolute Gasteiger partial charge is 0.322 e. The normalized spacial score (nSPS) is 12.2. The standard InChI is InChI=1S/C14H26N8O6/c15-5-10(24)21-8(4-9(16)23)13(28)22-7(2-1-3-19-14(17)18)12(27)20-6-11(25)26/h7-8H,1-6,15H2,(H2,16,23)(H,20,27)(H,21,24)(H,22,28)(H,25,26)(H4,17,18,19). The van der Waals surface area contributed by atoms with Crippen LogP contribution in [-0.2, 0) is 24.0 Å². The summed E-state index contributed by atoms with van der Waals surface area (Å²) in [6.07, 6.45) is -0.184. The molecule has 28 heavy (non-hydrogen) atoms. The number of carboxylic acids is 1. The van der Waals surface area contributed by atoms with E-state index < -0.39 is 61.2 Å². The van der Waals surface area contributed by atoms with E-state index in [-0.39, 0.29) is 25.3 Å². The molecule has 0 heterocycles. The van der Waals surface area contributed by atoms with E-state index >= 15 is 0 Å². The van der Waals surface area contributed by atoms with Crippen molar-refractivity contribution in [3.05, 3.63) is 0 Å². The monoisotopic (exact) mass is 402 g/mol. The lowest BCUT2D eigenvalue weighted by atomic mass is 10.1. The van der Waals surface area contributed by atoms with E-state index in [2.05, 4.69) is 20.9 Å². The Balaban J connectivity index is 5.14. The third-order valence-electron chi connectivity index (χ3n) is 3.23. The lowest BCUT2D eigenvalue weighted by Gasteiger charge is -2.22. The van der Waals surface area contributed by atoms with Gasteiger partial charge in [0.25, 0.3) is 0 Å². The molecule has 0 rings (SSSR count). The highest BCUT2D eigenvalue weighted by atomic mass is 16.4. The molecule has 0 aromatic heterocycles. The fourth-order valence-electron chi connectivity index (χ4n) is 1.99. The first-order valence-corrected chi connectivity index (χ1v) is 8.19. The fourth-order valence-corrected chi connectivity index (χ4v) is 1.99. The summed E-state index contributed by atoms with van der Waals surface area (Å²) >= 11 is 0.